The van der Waals surface area contributed by atoms with E-state index in [0.29, 0.717) is 6.61 Å². The molecule has 0 heterocycles. The summed E-state index contributed by atoms with van der Waals surface area (Å²) in [4.78, 5) is 12.1. The molecule has 92 valence electrons. The molecular formula is C14H18O3. The van der Waals surface area contributed by atoms with E-state index in [1.807, 2.05) is 0 Å². The first-order valence-electron chi connectivity index (χ1n) is 5.96. The van der Waals surface area contributed by atoms with E-state index in [1.165, 1.54) is 5.57 Å². The van der Waals surface area contributed by atoms with Crippen LogP contribution in [0.5, 0.6) is 0 Å². The van der Waals surface area contributed by atoms with Crippen molar-refractivity contribution in [2.24, 2.45) is 0 Å². The fourth-order valence-corrected chi connectivity index (χ4v) is 2.43. The molecule has 0 N–H and O–H groups in total. The van der Waals surface area contributed by atoms with E-state index in [-0.39, 0.29) is 11.9 Å². The van der Waals surface area contributed by atoms with Gasteiger partial charge in [0.15, 0.2) is 5.78 Å². The maximum absolute atomic E-state index is 12.1. The highest BCUT2D eigenvalue weighted by molar-refractivity contribution is 6.11. The van der Waals surface area contributed by atoms with Crippen LogP contribution in [0.2, 0.25) is 0 Å². The molecular weight excluding hydrogens is 216 g/mol. The first-order valence-corrected chi connectivity index (χ1v) is 5.96. The van der Waals surface area contributed by atoms with Crippen molar-refractivity contribution >= 4 is 5.78 Å². The fraction of sp³-hybridized carbons (Fsp3) is 0.500. The lowest BCUT2D eigenvalue weighted by molar-refractivity contribution is -0.112. The summed E-state index contributed by atoms with van der Waals surface area (Å²) in [6.07, 6.45) is 6.95. The van der Waals surface area contributed by atoms with Gasteiger partial charge in [0.25, 0.3) is 0 Å². The van der Waals surface area contributed by atoms with Gasteiger partial charge in [-0.15, -0.1) is 0 Å². The van der Waals surface area contributed by atoms with E-state index in [0.717, 1.165) is 36.8 Å². The SMILES string of the molecule is C=CCOC=C1CC2=C(CC(OC)CC2)C1=O. The number of hydrogen-bond donors (Lipinski definition) is 0. The Kier molecular flexibility index (Phi) is 3.79. The largest absolute Gasteiger partial charge is 0.497 e. The van der Waals surface area contributed by atoms with E-state index in [9.17, 15) is 4.79 Å². The standard InChI is InChI=1S/C14H18O3/c1-3-6-17-9-11-7-10-4-5-12(16-2)8-13(10)14(11)15/h3,9,12H,1,4-8H2,2H3. The van der Waals surface area contributed by atoms with Crippen LogP contribution in [0.3, 0.4) is 0 Å². The molecule has 2 aliphatic rings. The van der Waals surface area contributed by atoms with Crippen LogP contribution >= 0.6 is 0 Å². The molecule has 2 aliphatic carbocycles. The molecule has 0 radical (unpaired) electrons. The number of carbonyl (C=O) groups excluding carboxylic acids is 1. The lowest BCUT2D eigenvalue weighted by atomic mass is 9.91. The van der Waals surface area contributed by atoms with Crippen molar-refractivity contribution in [3.8, 4) is 0 Å². The van der Waals surface area contributed by atoms with Crippen LogP contribution < -0.4 is 0 Å². The molecule has 0 aromatic heterocycles. The van der Waals surface area contributed by atoms with Crippen LogP contribution in [-0.2, 0) is 14.3 Å². The van der Waals surface area contributed by atoms with Crippen molar-refractivity contribution < 1.29 is 14.3 Å². The molecule has 0 spiro atoms. The quantitative estimate of drug-likeness (QED) is 0.324. The van der Waals surface area contributed by atoms with Crippen LogP contribution in [0.25, 0.3) is 0 Å². The van der Waals surface area contributed by atoms with Crippen molar-refractivity contribution in [1.29, 1.82) is 0 Å². The number of carbonyl (C=O) groups is 1. The first-order chi connectivity index (χ1) is 8.26. The lowest BCUT2D eigenvalue weighted by Gasteiger charge is -2.21. The van der Waals surface area contributed by atoms with Crippen LogP contribution in [0.4, 0.5) is 0 Å². The molecule has 2 rings (SSSR count). The van der Waals surface area contributed by atoms with Gasteiger partial charge in [-0.1, -0.05) is 18.2 Å². The van der Waals surface area contributed by atoms with E-state index < -0.39 is 0 Å². The summed E-state index contributed by atoms with van der Waals surface area (Å²) >= 11 is 0. The second-order valence-electron chi connectivity index (χ2n) is 4.45. The predicted molar refractivity (Wildman–Crippen MR) is 65.5 cm³/mol. The number of Topliss-reactive ketones (excluding diaryl/α,β-unsaturated/α-hetero) is 1. The minimum absolute atomic E-state index is 0.144. The molecule has 0 bridgehead atoms. The monoisotopic (exact) mass is 234 g/mol. The Balaban J connectivity index is 2.05. The predicted octanol–water partition coefficient (Wildman–Crippen LogP) is 2.54. The van der Waals surface area contributed by atoms with Gasteiger partial charge in [0.2, 0.25) is 0 Å². The van der Waals surface area contributed by atoms with Crippen LogP contribution in [0.1, 0.15) is 25.7 Å². The number of rotatable bonds is 4. The number of ketones is 1. The molecule has 17 heavy (non-hydrogen) atoms. The van der Waals surface area contributed by atoms with Crippen molar-refractivity contribution in [3.05, 3.63) is 35.6 Å². The van der Waals surface area contributed by atoms with Gasteiger partial charge in [-0.3, -0.25) is 4.79 Å². The van der Waals surface area contributed by atoms with Gasteiger partial charge < -0.3 is 9.47 Å². The lowest BCUT2D eigenvalue weighted by Crippen LogP contribution is -2.18. The molecule has 0 aliphatic heterocycles. The van der Waals surface area contributed by atoms with Gasteiger partial charge in [0.1, 0.15) is 6.61 Å². The molecule has 0 fully saturated rings. The number of methoxy groups -OCH3 is 1. The number of ether oxygens (including phenoxy) is 2. The van der Waals surface area contributed by atoms with Gasteiger partial charge in [-0.25, -0.2) is 0 Å². The summed E-state index contributed by atoms with van der Waals surface area (Å²) in [6, 6.07) is 0. The summed E-state index contributed by atoms with van der Waals surface area (Å²) in [5, 5.41) is 0. The first kappa shape index (κ1) is 12.1. The maximum atomic E-state index is 12.1. The molecule has 1 atom stereocenters. The van der Waals surface area contributed by atoms with Crippen LogP contribution in [-0.4, -0.2) is 25.6 Å². The van der Waals surface area contributed by atoms with Gasteiger partial charge in [0.05, 0.1) is 12.4 Å². The Hall–Kier alpha value is -1.35. The maximum Gasteiger partial charge on any atom is 0.188 e. The zero-order chi connectivity index (χ0) is 12.3. The highest BCUT2D eigenvalue weighted by Gasteiger charge is 2.33. The summed E-state index contributed by atoms with van der Waals surface area (Å²) in [5.74, 6) is 0.144. The summed E-state index contributed by atoms with van der Waals surface area (Å²) in [6.45, 7) is 4.02. The molecule has 3 heteroatoms. The third kappa shape index (κ3) is 2.50. The molecule has 0 aromatic carbocycles. The van der Waals surface area contributed by atoms with Crippen LogP contribution in [0.15, 0.2) is 35.6 Å². The van der Waals surface area contributed by atoms with Gasteiger partial charge in [-0.2, -0.15) is 0 Å². The minimum atomic E-state index is 0.144. The van der Waals surface area contributed by atoms with Crippen LogP contribution in [0, 0.1) is 0 Å². The molecule has 0 amide bonds. The molecule has 1 unspecified atom stereocenters. The smallest absolute Gasteiger partial charge is 0.188 e. The average Bonchev–Trinajstić information content (AvgIpc) is 2.66. The van der Waals surface area contributed by atoms with E-state index in [2.05, 4.69) is 6.58 Å². The highest BCUT2D eigenvalue weighted by atomic mass is 16.5. The van der Waals surface area contributed by atoms with E-state index in [4.69, 9.17) is 9.47 Å². The third-order valence-electron chi connectivity index (χ3n) is 3.37. The molecule has 3 nitrogen and oxygen atoms in total. The normalized spacial score (nSPS) is 26.3. The second kappa shape index (κ2) is 5.32. The van der Waals surface area contributed by atoms with Gasteiger partial charge >= 0.3 is 0 Å². The Bertz CT molecular complexity index is 390. The summed E-state index contributed by atoms with van der Waals surface area (Å²) < 4.78 is 10.6. The minimum Gasteiger partial charge on any atom is -0.497 e. The highest BCUT2D eigenvalue weighted by Crippen LogP contribution is 2.38. The van der Waals surface area contributed by atoms with Gasteiger partial charge in [-0.05, 0) is 12.8 Å². The molecule has 0 aromatic rings. The number of hydrogen-bond acceptors (Lipinski definition) is 3. The van der Waals surface area contributed by atoms with Crippen molar-refractivity contribution in [2.75, 3.05) is 13.7 Å². The number of allylic oxidation sites excluding steroid dienone is 2. The summed E-state index contributed by atoms with van der Waals surface area (Å²) in [7, 11) is 1.71. The zero-order valence-corrected chi connectivity index (χ0v) is 10.2. The second-order valence-corrected chi connectivity index (χ2v) is 4.45. The van der Waals surface area contributed by atoms with Gasteiger partial charge in [0, 0.05) is 31.1 Å². The Morgan fingerprint density at radius 3 is 3.06 bits per heavy atom. The Labute approximate surface area is 102 Å². The van der Waals surface area contributed by atoms with E-state index in [1.54, 1.807) is 19.4 Å². The topological polar surface area (TPSA) is 35.5 Å². The average molecular weight is 234 g/mol. The third-order valence-corrected chi connectivity index (χ3v) is 3.37. The molecule has 0 saturated carbocycles. The Morgan fingerprint density at radius 2 is 2.35 bits per heavy atom. The van der Waals surface area contributed by atoms with Crippen molar-refractivity contribution in [1.82, 2.24) is 0 Å². The Morgan fingerprint density at radius 1 is 1.53 bits per heavy atom. The fourth-order valence-electron chi connectivity index (χ4n) is 2.43. The van der Waals surface area contributed by atoms with E-state index >= 15 is 0 Å². The van der Waals surface area contributed by atoms with Crippen molar-refractivity contribution in [2.45, 2.75) is 31.8 Å². The van der Waals surface area contributed by atoms with Crippen molar-refractivity contribution in [3.63, 3.8) is 0 Å². The zero-order valence-electron chi connectivity index (χ0n) is 10.2. The molecule has 0 saturated heterocycles. The summed E-state index contributed by atoms with van der Waals surface area (Å²) in [5.41, 5.74) is 3.00.